The molecule has 0 aliphatic rings. The lowest BCUT2D eigenvalue weighted by atomic mass is 9.88. The van der Waals surface area contributed by atoms with Gasteiger partial charge < -0.3 is 0 Å². The maximum Gasteiger partial charge on any atom is 0.206 e. The van der Waals surface area contributed by atoms with Gasteiger partial charge in [0.1, 0.15) is 11.6 Å². The molecule has 0 aromatic rings. The van der Waals surface area contributed by atoms with Crippen LogP contribution in [0.2, 0.25) is 0 Å². The topological polar surface area (TPSA) is 51.2 Å². The second kappa shape index (κ2) is 17.6. The van der Waals surface area contributed by atoms with Crippen LogP contribution in [0, 0.1) is 5.92 Å². The van der Waals surface area contributed by atoms with Gasteiger partial charge in [-0.1, -0.05) is 64.5 Å². The number of allylic oxidation sites excluding steroid dienone is 2. The van der Waals surface area contributed by atoms with Gasteiger partial charge in [0.2, 0.25) is 6.29 Å². The number of carbonyl (C=O) groups excluding carboxylic acids is 3. The third-order valence-electron chi connectivity index (χ3n) is 4.55. The van der Waals surface area contributed by atoms with Gasteiger partial charge in [-0.05, 0) is 32.1 Å². The zero-order valence-corrected chi connectivity index (χ0v) is 16.4. The molecule has 0 spiro atoms. The maximum absolute atomic E-state index is 12.4. The van der Waals surface area contributed by atoms with Gasteiger partial charge in [0.15, 0.2) is 0 Å². The fourth-order valence-corrected chi connectivity index (χ4v) is 3.03. The summed E-state index contributed by atoms with van der Waals surface area (Å²) in [5.74, 6) is -0.127. The minimum Gasteiger partial charge on any atom is -0.299 e. The van der Waals surface area contributed by atoms with Crippen LogP contribution in [0.4, 0.5) is 0 Å². The number of ketones is 2. The largest absolute Gasteiger partial charge is 0.299 e. The van der Waals surface area contributed by atoms with Crippen molar-refractivity contribution >= 4 is 17.9 Å². The van der Waals surface area contributed by atoms with Crippen molar-refractivity contribution in [2.24, 2.45) is 5.92 Å². The quantitative estimate of drug-likeness (QED) is 0.176. The summed E-state index contributed by atoms with van der Waals surface area (Å²) in [7, 11) is 0. The first-order valence-electron chi connectivity index (χ1n) is 10.2. The van der Waals surface area contributed by atoms with Crippen LogP contribution >= 0.6 is 0 Å². The Morgan fingerprint density at radius 2 is 1.64 bits per heavy atom. The van der Waals surface area contributed by atoms with E-state index in [1.165, 1.54) is 19.3 Å². The number of rotatable bonds is 18. The summed E-state index contributed by atoms with van der Waals surface area (Å²) in [5, 5.41) is 0. The molecule has 0 fully saturated rings. The molecule has 0 aliphatic carbocycles. The normalized spacial score (nSPS) is 12.4. The minimum absolute atomic E-state index is 0.148. The molecule has 0 amide bonds. The third-order valence-corrected chi connectivity index (χ3v) is 4.55. The van der Waals surface area contributed by atoms with Crippen molar-refractivity contribution in [3.8, 4) is 0 Å². The number of Topliss-reactive ketones (excluding diaryl/α,β-unsaturated/α-hetero) is 2. The number of hydrogen-bond donors (Lipinski definition) is 0. The summed E-state index contributed by atoms with van der Waals surface area (Å²) in [5.41, 5.74) is 0. The van der Waals surface area contributed by atoms with Crippen LogP contribution in [0.15, 0.2) is 12.2 Å². The summed E-state index contributed by atoms with van der Waals surface area (Å²) >= 11 is 0. The standard InChI is InChI=1S/C22H37O3/c1-3-5-7-8-9-10-11-12-14-16-22(25)20(15-13-6-4-2)19-21(24)17-18-23/h5,7,20H,3-4,6,8-17,19H2,1-2H3. The Kier molecular flexibility index (Phi) is 16.7. The lowest BCUT2D eigenvalue weighted by Crippen LogP contribution is -2.19. The molecule has 0 saturated heterocycles. The molecule has 3 nitrogen and oxygen atoms in total. The lowest BCUT2D eigenvalue weighted by Gasteiger charge is -2.14. The summed E-state index contributed by atoms with van der Waals surface area (Å²) in [6, 6.07) is 0. The van der Waals surface area contributed by atoms with Crippen LogP contribution in [0.5, 0.6) is 0 Å². The van der Waals surface area contributed by atoms with Crippen LogP contribution in [-0.2, 0) is 14.4 Å². The number of carbonyl (C=O) groups is 2. The molecular formula is C22H37O3. The Morgan fingerprint density at radius 3 is 2.32 bits per heavy atom. The first-order chi connectivity index (χ1) is 12.2. The van der Waals surface area contributed by atoms with Gasteiger partial charge in [-0.15, -0.1) is 0 Å². The Morgan fingerprint density at radius 1 is 0.920 bits per heavy atom. The first kappa shape index (κ1) is 23.8. The Hall–Kier alpha value is -1.25. The fourth-order valence-electron chi connectivity index (χ4n) is 3.03. The van der Waals surface area contributed by atoms with Gasteiger partial charge in [0.25, 0.3) is 0 Å². The molecule has 1 radical (unpaired) electrons. The highest BCUT2D eigenvalue weighted by Crippen LogP contribution is 2.19. The minimum atomic E-state index is -0.188. The monoisotopic (exact) mass is 349 g/mol. The van der Waals surface area contributed by atoms with Crippen molar-refractivity contribution < 1.29 is 14.4 Å². The molecule has 3 heteroatoms. The third kappa shape index (κ3) is 14.8. The van der Waals surface area contributed by atoms with E-state index < -0.39 is 0 Å². The van der Waals surface area contributed by atoms with E-state index in [-0.39, 0.29) is 30.3 Å². The predicted octanol–water partition coefficient (Wildman–Crippen LogP) is 5.91. The van der Waals surface area contributed by atoms with Gasteiger partial charge in [-0.2, -0.15) is 0 Å². The van der Waals surface area contributed by atoms with E-state index in [0.29, 0.717) is 6.42 Å². The molecule has 143 valence electrons. The van der Waals surface area contributed by atoms with E-state index in [2.05, 4.69) is 26.0 Å². The number of hydrogen-bond acceptors (Lipinski definition) is 3. The van der Waals surface area contributed by atoms with Crippen LogP contribution in [0.1, 0.15) is 104 Å². The molecular weight excluding hydrogens is 312 g/mol. The van der Waals surface area contributed by atoms with Crippen molar-refractivity contribution in [1.82, 2.24) is 0 Å². The lowest BCUT2D eigenvalue weighted by molar-refractivity contribution is -0.128. The molecule has 0 rings (SSSR count). The Balaban J connectivity index is 4.00. The van der Waals surface area contributed by atoms with Gasteiger partial charge in [0, 0.05) is 18.8 Å². The second-order valence-corrected chi connectivity index (χ2v) is 6.91. The summed E-state index contributed by atoms with van der Waals surface area (Å²) in [6.45, 7) is 4.27. The van der Waals surface area contributed by atoms with Gasteiger partial charge in [0.05, 0.1) is 6.42 Å². The van der Waals surface area contributed by atoms with E-state index >= 15 is 0 Å². The highest BCUT2D eigenvalue weighted by atomic mass is 16.1. The van der Waals surface area contributed by atoms with Gasteiger partial charge in [-0.3, -0.25) is 14.4 Å². The summed E-state index contributed by atoms with van der Waals surface area (Å²) < 4.78 is 0. The Labute approximate surface area is 154 Å². The molecule has 0 aromatic carbocycles. The molecule has 1 unspecified atom stereocenters. The van der Waals surface area contributed by atoms with Crippen LogP contribution < -0.4 is 0 Å². The van der Waals surface area contributed by atoms with Gasteiger partial charge in [-0.25, -0.2) is 0 Å². The summed E-state index contributed by atoms with van der Waals surface area (Å²) in [6.07, 6.45) is 18.6. The smallest absolute Gasteiger partial charge is 0.206 e. The van der Waals surface area contributed by atoms with Crippen molar-refractivity contribution in [3.05, 3.63) is 12.2 Å². The molecule has 0 bridgehead atoms. The van der Waals surface area contributed by atoms with Crippen LogP contribution in [0.25, 0.3) is 0 Å². The average Bonchev–Trinajstić information content (AvgIpc) is 2.59. The SMILES string of the molecule is CCC=CCCCCCCCC(=O)C(CCCCC)CC(=O)C[C]=O. The van der Waals surface area contributed by atoms with E-state index in [1.54, 1.807) is 6.29 Å². The molecule has 0 N–H and O–H groups in total. The molecule has 0 aliphatic heterocycles. The molecule has 0 aromatic heterocycles. The molecule has 0 heterocycles. The zero-order chi connectivity index (χ0) is 18.8. The molecule has 1 atom stereocenters. The fraction of sp³-hybridized carbons (Fsp3) is 0.773. The van der Waals surface area contributed by atoms with Crippen molar-refractivity contribution in [2.45, 2.75) is 104 Å². The van der Waals surface area contributed by atoms with Gasteiger partial charge >= 0.3 is 0 Å². The predicted molar refractivity (Wildman–Crippen MR) is 104 cm³/mol. The van der Waals surface area contributed by atoms with E-state index in [4.69, 9.17) is 0 Å². The number of unbranched alkanes of at least 4 members (excludes halogenated alkanes) is 7. The van der Waals surface area contributed by atoms with E-state index in [9.17, 15) is 14.4 Å². The average molecular weight is 350 g/mol. The maximum atomic E-state index is 12.4. The highest BCUT2D eigenvalue weighted by molar-refractivity contribution is 5.93. The van der Waals surface area contributed by atoms with Crippen molar-refractivity contribution in [1.29, 1.82) is 0 Å². The Bertz CT molecular complexity index is 385. The first-order valence-corrected chi connectivity index (χ1v) is 10.2. The highest BCUT2D eigenvalue weighted by Gasteiger charge is 2.20. The molecule has 0 saturated carbocycles. The molecule has 25 heavy (non-hydrogen) atoms. The van der Waals surface area contributed by atoms with Crippen molar-refractivity contribution in [3.63, 3.8) is 0 Å². The van der Waals surface area contributed by atoms with Crippen LogP contribution in [0.3, 0.4) is 0 Å². The second-order valence-electron chi connectivity index (χ2n) is 6.91. The van der Waals surface area contributed by atoms with E-state index in [0.717, 1.165) is 51.4 Å². The van der Waals surface area contributed by atoms with E-state index in [1.807, 2.05) is 0 Å². The van der Waals surface area contributed by atoms with Crippen LogP contribution in [-0.4, -0.2) is 17.9 Å². The zero-order valence-electron chi connectivity index (χ0n) is 16.4. The summed E-state index contributed by atoms with van der Waals surface area (Å²) in [4.78, 5) is 34.5. The van der Waals surface area contributed by atoms with Crippen molar-refractivity contribution in [2.75, 3.05) is 0 Å².